The van der Waals surface area contributed by atoms with Crippen LogP contribution in [0.15, 0.2) is 11.1 Å². The lowest BCUT2D eigenvalue weighted by Gasteiger charge is -2.02. The molecule has 1 aromatic rings. The Bertz CT molecular complexity index is 322. The summed E-state index contributed by atoms with van der Waals surface area (Å²) < 4.78 is 35.4. The molecule has 0 radical (unpaired) electrons. The number of carboxylic acid groups (broad SMARTS) is 1. The number of hydrogen-bond donors (Lipinski definition) is 2. The number of aromatic amines is 1. The van der Waals surface area contributed by atoms with Crippen molar-refractivity contribution in [1.82, 2.24) is 10.2 Å². The molecule has 0 saturated heterocycles. The van der Waals surface area contributed by atoms with Crippen molar-refractivity contribution in [2.45, 2.75) is 10.4 Å². The zero-order valence-corrected chi connectivity index (χ0v) is 6.74. The fourth-order valence-corrected chi connectivity index (χ4v) is 1.22. The second-order valence-corrected chi connectivity index (χ2v) is 3.07. The average Bonchev–Trinajstić information content (AvgIpc) is 2.31. The van der Waals surface area contributed by atoms with E-state index in [1.54, 1.807) is 0 Å². The summed E-state index contributed by atoms with van der Waals surface area (Å²) in [7, 11) is 0. The van der Waals surface area contributed by atoms with Crippen molar-refractivity contribution in [3.8, 4) is 0 Å². The predicted molar refractivity (Wildman–Crippen MR) is 37.5 cm³/mol. The van der Waals surface area contributed by atoms with Crippen molar-refractivity contribution in [1.29, 1.82) is 0 Å². The first-order valence-electron chi connectivity index (χ1n) is 2.92. The number of carbonyl (C=O) groups is 1. The van der Waals surface area contributed by atoms with Crippen LogP contribution in [0.3, 0.4) is 0 Å². The Balaban J connectivity index is 2.89. The minimum Gasteiger partial charge on any atom is -0.476 e. The molecule has 0 amide bonds. The molecule has 0 fully saturated rings. The zero-order valence-electron chi connectivity index (χ0n) is 5.92. The largest absolute Gasteiger partial charge is 0.476 e. The Kier molecular flexibility index (Phi) is 2.50. The van der Waals surface area contributed by atoms with Gasteiger partial charge in [0.15, 0.2) is 5.69 Å². The van der Waals surface area contributed by atoms with Gasteiger partial charge in [-0.05, 0) is 11.8 Å². The van der Waals surface area contributed by atoms with E-state index in [1.165, 1.54) is 0 Å². The number of thioether (sulfide) groups is 1. The Labute approximate surface area is 74.1 Å². The van der Waals surface area contributed by atoms with Crippen LogP contribution in [-0.2, 0) is 0 Å². The number of halogens is 3. The highest BCUT2D eigenvalue weighted by Gasteiger charge is 2.32. The lowest BCUT2D eigenvalue weighted by molar-refractivity contribution is -0.0328. The van der Waals surface area contributed by atoms with Gasteiger partial charge in [-0.1, -0.05) is 0 Å². The Hall–Kier alpha value is -1.18. The van der Waals surface area contributed by atoms with E-state index in [-0.39, 0.29) is 0 Å². The molecule has 2 N–H and O–H groups in total. The highest BCUT2D eigenvalue weighted by atomic mass is 32.2. The molecule has 0 bridgehead atoms. The van der Waals surface area contributed by atoms with Crippen LogP contribution in [0.4, 0.5) is 13.2 Å². The molecule has 0 aliphatic heterocycles. The van der Waals surface area contributed by atoms with Gasteiger partial charge in [-0.15, -0.1) is 0 Å². The summed E-state index contributed by atoms with van der Waals surface area (Å²) in [6.45, 7) is 0. The summed E-state index contributed by atoms with van der Waals surface area (Å²) in [5, 5.41) is 13.6. The van der Waals surface area contributed by atoms with Gasteiger partial charge in [0.25, 0.3) is 0 Å². The molecule has 8 heteroatoms. The quantitative estimate of drug-likeness (QED) is 0.732. The molecule has 0 aromatic carbocycles. The summed E-state index contributed by atoms with van der Waals surface area (Å²) in [5.74, 6) is -1.47. The van der Waals surface area contributed by atoms with Crippen molar-refractivity contribution in [3.63, 3.8) is 0 Å². The maximum absolute atomic E-state index is 11.8. The van der Waals surface area contributed by atoms with Crippen LogP contribution >= 0.6 is 11.8 Å². The first-order valence-corrected chi connectivity index (χ1v) is 3.74. The number of hydrogen-bond acceptors (Lipinski definition) is 3. The Morgan fingerprint density at radius 2 is 2.23 bits per heavy atom. The first-order chi connectivity index (χ1) is 5.90. The van der Waals surface area contributed by atoms with Gasteiger partial charge in [-0.3, -0.25) is 5.10 Å². The smallest absolute Gasteiger partial charge is 0.446 e. The maximum atomic E-state index is 11.8. The van der Waals surface area contributed by atoms with Crippen molar-refractivity contribution in [2.75, 3.05) is 0 Å². The fourth-order valence-electron chi connectivity index (χ4n) is 0.630. The van der Waals surface area contributed by atoms with Crippen LogP contribution in [0.2, 0.25) is 0 Å². The van der Waals surface area contributed by atoms with Gasteiger partial charge in [0.1, 0.15) is 0 Å². The fraction of sp³-hybridized carbons (Fsp3) is 0.200. The third-order valence-corrected chi connectivity index (χ3v) is 1.81. The minimum atomic E-state index is -4.51. The summed E-state index contributed by atoms with van der Waals surface area (Å²) in [4.78, 5) is 9.87. The van der Waals surface area contributed by atoms with Gasteiger partial charge in [0, 0.05) is 0 Å². The van der Waals surface area contributed by atoms with Crippen molar-refractivity contribution < 1.29 is 23.1 Å². The third-order valence-electron chi connectivity index (χ3n) is 1.04. The molecular formula is C5H3F3N2O2S. The number of nitrogens with one attached hydrogen (secondary N) is 1. The number of aromatic nitrogens is 2. The van der Waals surface area contributed by atoms with E-state index in [2.05, 4.69) is 5.10 Å². The average molecular weight is 212 g/mol. The van der Waals surface area contributed by atoms with Crippen molar-refractivity contribution in [2.24, 2.45) is 0 Å². The highest BCUT2D eigenvalue weighted by molar-refractivity contribution is 8.00. The summed E-state index contributed by atoms with van der Waals surface area (Å²) in [6.07, 6.45) is 0.821. The number of carboxylic acids is 1. The number of rotatable bonds is 2. The normalized spacial score (nSPS) is 11.6. The molecule has 0 atom stereocenters. The summed E-state index contributed by atoms with van der Waals surface area (Å²) in [6, 6.07) is 0. The van der Waals surface area contributed by atoms with E-state index in [0.717, 1.165) is 6.20 Å². The Morgan fingerprint density at radius 1 is 1.62 bits per heavy atom. The molecule has 0 spiro atoms. The van der Waals surface area contributed by atoms with E-state index in [0.29, 0.717) is 0 Å². The molecule has 0 aliphatic carbocycles. The SMILES string of the molecule is O=C(O)c1[nH]ncc1SC(F)(F)F. The first kappa shape index (κ1) is 9.90. The third kappa shape index (κ3) is 2.65. The molecular weight excluding hydrogens is 209 g/mol. The molecule has 4 nitrogen and oxygen atoms in total. The molecule has 13 heavy (non-hydrogen) atoms. The van der Waals surface area contributed by atoms with Gasteiger partial charge in [-0.2, -0.15) is 18.3 Å². The molecule has 1 aromatic heterocycles. The van der Waals surface area contributed by atoms with Crippen LogP contribution in [-0.4, -0.2) is 26.8 Å². The highest BCUT2D eigenvalue weighted by Crippen LogP contribution is 2.37. The van der Waals surface area contributed by atoms with E-state index >= 15 is 0 Å². The van der Waals surface area contributed by atoms with E-state index < -0.39 is 33.8 Å². The van der Waals surface area contributed by atoms with Crippen LogP contribution < -0.4 is 0 Å². The molecule has 72 valence electrons. The van der Waals surface area contributed by atoms with Gasteiger partial charge < -0.3 is 5.11 Å². The minimum absolute atomic E-state index is 0.444. The summed E-state index contributed by atoms with van der Waals surface area (Å²) >= 11 is -0.512. The molecule has 0 saturated carbocycles. The standard InChI is InChI=1S/C5H3F3N2O2S/c6-5(7,8)13-2-1-9-10-3(2)4(11)12/h1H,(H,9,10)(H,11,12). The second-order valence-electron chi connectivity index (χ2n) is 1.96. The van der Waals surface area contributed by atoms with Gasteiger partial charge in [0.2, 0.25) is 0 Å². The van der Waals surface area contributed by atoms with Crippen LogP contribution in [0, 0.1) is 0 Å². The second kappa shape index (κ2) is 3.29. The molecule has 1 heterocycles. The Morgan fingerprint density at radius 3 is 2.69 bits per heavy atom. The van der Waals surface area contributed by atoms with Gasteiger partial charge >= 0.3 is 11.5 Å². The van der Waals surface area contributed by atoms with Gasteiger partial charge in [-0.25, -0.2) is 4.79 Å². The van der Waals surface area contributed by atoms with Crippen molar-refractivity contribution in [3.05, 3.63) is 11.9 Å². The van der Waals surface area contributed by atoms with E-state index in [9.17, 15) is 18.0 Å². The van der Waals surface area contributed by atoms with Crippen molar-refractivity contribution >= 4 is 17.7 Å². The van der Waals surface area contributed by atoms with E-state index in [1.807, 2.05) is 5.10 Å². The molecule has 0 aliphatic rings. The van der Waals surface area contributed by atoms with Gasteiger partial charge in [0.05, 0.1) is 11.1 Å². The number of H-pyrrole nitrogens is 1. The number of alkyl halides is 3. The zero-order chi connectivity index (χ0) is 10.1. The lowest BCUT2D eigenvalue weighted by atomic mass is 10.4. The number of aromatic carboxylic acids is 1. The maximum Gasteiger partial charge on any atom is 0.446 e. The van der Waals surface area contributed by atoms with Crippen LogP contribution in [0.5, 0.6) is 0 Å². The lowest BCUT2D eigenvalue weighted by Crippen LogP contribution is -2.03. The molecule has 1 rings (SSSR count). The monoisotopic (exact) mass is 212 g/mol. The van der Waals surface area contributed by atoms with Crippen LogP contribution in [0.1, 0.15) is 10.5 Å². The van der Waals surface area contributed by atoms with E-state index in [4.69, 9.17) is 5.11 Å². The summed E-state index contributed by atoms with van der Waals surface area (Å²) in [5.41, 5.74) is -5.06. The molecule has 0 unspecified atom stereocenters. The number of nitrogens with zero attached hydrogens (tertiary/aromatic N) is 1. The van der Waals surface area contributed by atoms with Crippen LogP contribution in [0.25, 0.3) is 0 Å². The topological polar surface area (TPSA) is 66.0 Å². The predicted octanol–water partition coefficient (Wildman–Crippen LogP) is 1.72.